The Hall–Kier alpha value is -1.52. The molecule has 0 aliphatic heterocycles. The van der Waals surface area contributed by atoms with E-state index in [9.17, 15) is 4.79 Å². The minimum atomic E-state index is 0.0442. The number of aromatic nitrogens is 2. The molecule has 0 fully saturated rings. The molecule has 5 nitrogen and oxygen atoms in total. The summed E-state index contributed by atoms with van der Waals surface area (Å²) in [5.41, 5.74) is 6.17. The minimum Gasteiger partial charge on any atom is -0.396 e. The summed E-state index contributed by atoms with van der Waals surface area (Å²) in [7, 11) is 0. The monoisotopic (exact) mass is 224 g/mol. The molecular weight excluding hydrogens is 204 g/mol. The van der Waals surface area contributed by atoms with Gasteiger partial charge in [-0.1, -0.05) is 20.8 Å². The van der Waals surface area contributed by atoms with Gasteiger partial charge in [0.2, 0.25) is 5.91 Å². The standard InChI is InChI=1S/C11H20N4O/c1-8(2)9(3)11(16)13-4-5-15-7-10(12)6-14-15/h6-9H,4-5,12H2,1-3H3,(H,13,16). The zero-order chi connectivity index (χ0) is 12.1. The number of amides is 1. The molecule has 1 rings (SSSR count). The number of anilines is 1. The molecule has 90 valence electrons. The molecule has 0 aliphatic carbocycles. The van der Waals surface area contributed by atoms with Gasteiger partial charge in [0.05, 0.1) is 18.4 Å². The van der Waals surface area contributed by atoms with Crippen molar-refractivity contribution >= 4 is 11.6 Å². The maximum absolute atomic E-state index is 11.6. The second kappa shape index (κ2) is 5.53. The molecule has 1 atom stereocenters. The average Bonchev–Trinajstić information content (AvgIpc) is 2.62. The number of hydrogen-bond donors (Lipinski definition) is 2. The Kier molecular flexibility index (Phi) is 4.34. The highest BCUT2D eigenvalue weighted by Crippen LogP contribution is 2.08. The van der Waals surface area contributed by atoms with Crippen LogP contribution in [0.2, 0.25) is 0 Å². The van der Waals surface area contributed by atoms with Crippen LogP contribution in [0.15, 0.2) is 12.4 Å². The van der Waals surface area contributed by atoms with Crippen LogP contribution in [0.1, 0.15) is 20.8 Å². The first-order valence-corrected chi connectivity index (χ1v) is 5.56. The van der Waals surface area contributed by atoms with Gasteiger partial charge in [0, 0.05) is 18.7 Å². The van der Waals surface area contributed by atoms with Gasteiger partial charge in [0.1, 0.15) is 0 Å². The van der Waals surface area contributed by atoms with E-state index in [2.05, 4.69) is 10.4 Å². The number of nitrogens with one attached hydrogen (secondary N) is 1. The van der Waals surface area contributed by atoms with E-state index in [0.717, 1.165) is 0 Å². The Bertz CT molecular complexity index is 346. The average molecular weight is 224 g/mol. The molecule has 3 N–H and O–H groups in total. The van der Waals surface area contributed by atoms with E-state index in [1.807, 2.05) is 20.8 Å². The quantitative estimate of drug-likeness (QED) is 0.779. The van der Waals surface area contributed by atoms with E-state index in [-0.39, 0.29) is 11.8 Å². The number of hydrogen-bond acceptors (Lipinski definition) is 3. The largest absolute Gasteiger partial charge is 0.396 e. The lowest BCUT2D eigenvalue weighted by Crippen LogP contribution is -2.34. The summed E-state index contributed by atoms with van der Waals surface area (Å²) in [5.74, 6) is 0.498. The predicted octanol–water partition coefficient (Wildman–Crippen LogP) is 0.874. The fourth-order valence-corrected chi connectivity index (χ4v) is 1.26. The van der Waals surface area contributed by atoms with Crippen LogP contribution in [-0.2, 0) is 11.3 Å². The summed E-state index contributed by atoms with van der Waals surface area (Å²) in [6.07, 6.45) is 3.34. The molecule has 1 aromatic heterocycles. The molecule has 1 unspecified atom stereocenters. The third-order valence-corrected chi connectivity index (χ3v) is 2.71. The van der Waals surface area contributed by atoms with Crippen molar-refractivity contribution in [2.75, 3.05) is 12.3 Å². The molecule has 5 heteroatoms. The van der Waals surface area contributed by atoms with Gasteiger partial charge in [-0.2, -0.15) is 5.10 Å². The molecule has 16 heavy (non-hydrogen) atoms. The number of nitrogen functional groups attached to an aromatic ring is 1. The normalized spacial score (nSPS) is 12.8. The minimum absolute atomic E-state index is 0.0442. The van der Waals surface area contributed by atoms with Gasteiger partial charge in [0.15, 0.2) is 0 Å². The first-order valence-electron chi connectivity index (χ1n) is 5.56. The van der Waals surface area contributed by atoms with Gasteiger partial charge in [-0.05, 0) is 5.92 Å². The van der Waals surface area contributed by atoms with Crippen LogP contribution in [0.4, 0.5) is 5.69 Å². The Morgan fingerprint density at radius 1 is 1.56 bits per heavy atom. The number of nitrogens with two attached hydrogens (primary N) is 1. The van der Waals surface area contributed by atoms with Crippen LogP contribution in [0.3, 0.4) is 0 Å². The maximum atomic E-state index is 11.6. The molecule has 0 saturated carbocycles. The summed E-state index contributed by atoms with van der Waals surface area (Å²) < 4.78 is 1.72. The van der Waals surface area contributed by atoms with E-state index in [4.69, 9.17) is 5.73 Å². The molecule has 0 saturated heterocycles. The lowest BCUT2D eigenvalue weighted by molar-refractivity contribution is -0.125. The summed E-state index contributed by atoms with van der Waals surface area (Å²) >= 11 is 0. The van der Waals surface area contributed by atoms with Crippen molar-refractivity contribution in [1.29, 1.82) is 0 Å². The molecule has 0 spiro atoms. The zero-order valence-corrected chi connectivity index (χ0v) is 10.1. The summed E-state index contributed by atoms with van der Waals surface area (Å²) in [6, 6.07) is 0. The second-order valence-corrected chi connectivity index (χ2v) is 4.36. The van der Waals surface area contributed by atoms with E-state index in [0.29, 0.717) is 24.7 Å². The van der Waals surface area contributed by atoms with Crippen molar-refractivity contribution in [1.82, 2.24) is 15.1 Å². The SMILES string of the molecule is CC(C)C(C)C(=O)NCCn1cc(N)cn1. The Morgan fingerprint density at radius 3 is 2.75 bits per heavy atom. The first-order chi connectivity index (χ1) is 7.50. The van der Waals surface area contributed by atoms with Gasteiger partial charge >= 0.3 is 0 Å². The topological polar surface area (TPSA) is 72.9 Å². The van der Waals surface area contributed by atoms with Crippen LogP contribution in [-0.4, -0.2) is 22.2 Å². The summed E-state index contributed by atoms with van der Waals surface area (Å²) in [4.78, 5) is 11.6. The maximum Gasteiger partial charge on any atom is 0.223 e. The highest BCUT2D eigenvalue weighted by molar-refractivity contribution is 5.78. The third kappa shape index (κ3) is 3.56. The van der Waals surface area contributed by atoms with Crippen LogP contribution in [0.5, 0.6) is 0 Å². The van der Waals surface area contributed by atoms with Crippen LogP contribution < -0.4 is 11.1 Å². The molecule has 0 bridgehead atoms. The molecular formula is C11H20N4O. The fraction of sp³-hybridized carbons (Fsp3) is 0.636. The van der Waals surface area contributed by atoms with E-state index < -0.39 is 0 Å². The molecule has 0 radical (unpaired) electrons. The van der Waals surface area contributed by atoms with Crippen LogP contribution >= 0.6 is 0 Å². The lowest BCUT2D eigenvalue weighted by atomic mass is 9.97. The molecule has 1 aromatic rings. The van der Waals surface area contributed by atoms with E-state index in [1.54, 1.807) is 17.1 Å². The molecule has 0 aliphatic rings. The highest BCUT2D eigenvalue weighted by atomic mass is 16.1. The highest BCUT2D eigenvalue weighted by Gasteiger charge is 2.15. The fourth-order valence-electron chi connectivity index (χ4n) is 1.26. The van der Waals surface area contributed by atoms with Crippen molar-refractivity contribution in [3.05, 3.63) is 12.4 Å². The Morgan fingerprint density at radius 2 is 2.25 bits per heavy atom. The molecule has 1 heterocycles. The van der Waals surface area contributed by atoms with Crippen molar-refractivity contribution in [3.8, 4) is 0 Å². The summed E-state index contributed by atoms with van der Waals surface area (Å²) in [6.45, 7) is 7.24. The molecule has 1 amide bonds. The van der Waals surface area contributed by atoms with Crippen LogP contribution in [0.25, 0.3) is 0 Å². The number of nitrogens with zero attached hydrogens (tertiary/aromatic N) is 2. The summed E-state index contributed by atoms with van der Waals surface area (Å²) in [5, 5.41) is 6.91. The zero-order valence-electron chi connectivity index (χ0n) is 10.1. The van der Waals surface area contributed by atoms with Crippen molar-refractivity contribution in [2.45, 2.75) is 27.3 Å². The first kappa shape index (κ1) is 12.5. The van der Waals surface area contributed by atoms with Crippen molar-refractivity contribution in [2.24, 2.45) is 11.8 Å². The van der Waals surface area contributed by atoms with Crippen molar-refractivity contribution < 1.29 is 4.79 Å². The smallest absolute Gasteiger partial charge is 0.223 e. The Labute approximate surface area is 96.0 Å². The molecule has 0 aromatic carbocycles. The lowest BCUT2D eigenvalue weighted by Gasteiger charge is -2.15. The van der Waals surface area contributed by atoms with Gasteiger partial charge in [-0.25, -0.2) is 0 Å². The predicted molar refractivity (Wildman–Crippen MR) is 63.7 cm³/mol. The van der Waals surface area contributed by atoms with Gasteiger partial charge < -0.3 is 11.1 Å². The number of carbonyl (C=O) groups excluding carboxylic acids is 1. The van der Waals surface area contributed by atoms with E-state index >= 15 is 0 Å². The second-order valence-electron chi connectivity index (χ2n) is 4.36. The van der Waals surface area contributed by atoms with Gasteiger partial charge in [-0.15, -0.1) is 0 Å². The van der Waals surface area contributed by atoms with Crippen LogP contribution in [0, 0.1) is 11.8 Å². The van der Waals surface area contributed by atoms with Gasteiger partial charge in [-0.3, -0.25) is 9.48 Å². The third-order valence-electron chi connectivity index (χ3n) is 2.71. The number of carbonyl (C=O) groups is 1. The Balaban J connectivity index is 2.28. The van der Waals surface area contributed by atoms with Crippen molar-refractivity contribution in [3.63, 3.8) is 0 Å². The van der Waals surface area contributed by atoms with E-state index in [1.165, 1.54) is 0 Å². The van der Waals surface area contributed by atoms with Gasteiger partial charge in [0.25, 0.3) is 0 Å². The number of rotatable bonds is 5.